The van der Waals surface area contributed by atoms with E-state index in [2.05, 4.69) is 10.6 Å². The summed E-state index contributed by atoms with van der Waals surface area (Å²) >= 11 is 0. The number of carboxylic acids is 1. The van der Waals surface area contributed by atoms with E-state index in [4.69, 9.17) is 15.1 Å². The first-order valence-corrected chi connectivity index (χ1v) is 7.03. The van der Waals surface area contributed by atoms with Crippen molar-refractivity contribution in [2.45, 2.75) is 19.4 Å². The van der Waals surface area contributed by atoms with Crippen molar-refractivity contribution < 1.29 is 19.4 Å². The van der Waals surface area contributed by atoms with Gasteiger partial charge in [-0.1, -0.05) is 12.1 Å². The number of nitrogens with one attached hydrogen (secondary N) is 2. The van der Waals surface area contributed by atoms with Crippen LogP contribution in [0.5, 0.6) is 5.75 Å². The maximum atomic E-state index is 11.8. The molecule has 1 aromatic rings. The van der Waals surface area contributed by atoms with Crippen molar-refractivity contribution in [3.8, 4) is 11.8 Å². The minimum atomic E-state index is -0.921. The first kappa shape index (κ1) is 18.0. The van der Waals surface area contributed by atoms with Gasteiger partial charge in [0.15, 0.2) is 0 Å². The van der Waals surface area contributed by atoms with E-state index in [0.717, 1.165) is 11.3 Å². The van der Waals surface area contributed by atoms with Gasteiger partial charge in [-0.25, -0.2) is 0 Å². The van der Waals surface area contributed by atoms with Gasteiger partial charge in [-0.15, -0.1) is 0 Å². The van der Waals surface area contributed by atoms with Gasteiger partial charge in [-0.3, -0.25) is 9.59 Å². The molecule has 0 saturated carbocycles. The minimum Gasteiger partial charge on any atom is -0.497 e. The molecule has 1 rings (SSSR count). The predicted molar refractivity (Wildman–Crippen MR) is 83.4 cm³/mol. The van der Waals surface area contributed by atoms with Crippen LogP contribution in [0.4, 0.5) is 0 Å². The molecule has 1 amide bonds. The molecule has 0 fully saturated rings. The number of carbonyl (C=O) groups excluding carboxylic acids is 1. The molecule has 0 bridgehead atoms. The maximum Gasteiger partial charge on any atom is 0.303 e. The van der Waals surface area contributed by atoms with Crippen LogP contribution in [-0.4, -0.2) is 30.6 Å². The summed E-state index contributed by atoms with van der Waals surface area (Å²) in [6.45, 7) is 0.648. The summed E-state index contributed by atoms with van der Waals surface area (Å²) in [6.07, 6.45) is 1.63. The number of methoxy groups -OCH3 is 1. The summed E-state index contributed by atoms with van der Waals surface area (Å²) < 4.78 is 5.11. The molecular formula is C16H19N3O4. The summed E-state index contributed by atoms with van der Waals surface area (Å²) in [4.78, 5) is 22.1. The molecule has 3 N–H and O–H groups in total. The normalized spacial score (nSPS) is 10.5. The molecule has 0 aliphatic carbocycles. The molecule has 7 nitrogen and oxygen atoms in total. The van der Waals surface area contributed by atoms with Crippen LogP contribution >= 0.6 is 0 Å². The van der Waals surface area contributed by atoms with Crippen LogP contribution in [0.1, 0.15) is 18.4 Å². The Kier molecular flexibility index (Phi) is 7.72. The van der Waals surface area contributed by atoms with E-state index in [1.807, 2.05) is 24.3 Å². The standard InChI is InChI=1S/C16H19N3O4/c1-23-14-5-2-4-12(8-14)10-18-11-13(9-17)16(22)19-7-3-6-15(20)21/h2,4-5,8,11,18H,3,6-7,10H2,1H3,(H,19,22)(H,20,21)/b13-11-. The second-order valence-electron chi connectivity index (χ2n) is 4.66. The first-order valence-electron chi connectivity index (χ1n) is 7.03. The Labute approximate surface area is 134 Å². The maximum absolute atomic E-state index is 11.8. The third kappa shape index (κ3) is 7.00. The molecule has 0 aromatic heterocycles. The van der Waals surface area contributed by atoms with E-state index in [1.165, 1.54) is 6.20 Å². The fraction of sp³-hybridized carbons (Fsp3) is 0.312. The molecule has 0 radical (unpaired) electrons. The minimum absolute atomic E-state index is 0.0278. The Hall–Kier alpha value is -3.01. The number of nitrogens with zero attached hydrogens (tertiary/aromatic N) is 1. The SMILES string of the molecule is COc1cccc(CN/C=C(/C#N)C(=O)NCCCC(=O)O)c1. The second kappa shape index (κ2) is 9.84. The summed E-state index contributed by atoms with van der Waals surface area (Å²) in [5.74, 6) is -0.726. The zero-order chi connectivity index (χ0) is 17.1. The van der Waals surface area contributed by atoms with Crippen LogP contribution in [0.25, 0.3) is 0 Å². The van der Waals surface area contributed by atoms with Crippen molar-refractivity contribution in [2.75, 3.05) is 13.7 Å². The number of rotatable bonds is 9. The third-order valence-corrected chi connectivity index (χ3v) is 2.90. The lowest BCUT2D eigenvalue weighted by molar-refractivity contribution is -0.137. The van der Waals surface area contributed by atoms with Crippen LogP contribution in [0.3, 0.4) is 0 Å². The van der Waals surface area contributed by atoms with Crippen molar-refractivity contribution in [1.82, 2.24) is 10.6 Å². The number of hydrogen-bond donors (Lipinski definition) is 3. The molecule has 0 aliphatic heterocycles. The predicted octanol–water partition coefficient (Wildman–Crippen LogP) is 1.17. The topological polar surface area (TPSA) is 111 Å². The molecule has 0 heterocycles. The van der Waals surface area contributed by atoms with Crippen molar-refractivity contribution in [3.05, 3.63) is 41.6 Å². The van der Waals surface area contributed by atoms with Crippen molar-refractivity contribution >= 4 is 11.9 Å². The van der Waals surface area contributed by atoms with Crippen LogP contribution in [0.2, 0.25) is 0 Å². The molecule has 1 aromatic carbocycles. The van der Waals surface area contributed by atoms with Gasteiger partial charge in [-0.05, 0) is 24.1 Å². The van der Waals surface area contributed by atoms with E-state index >= 15 is 0 Å². The lowest BCUT2D eigenvalue weighted by atomic mass is 10.2. The number of amides is 1. The van der Waals surface area contributed by atoms with Gasteiger partial charge in [0.25, 0.3) is 5.91 Å². The Bertz CT molecular complexity index is 620. The van der Waals surface area contributed by atoms with Crippen LogP contribution in [-0.2, 0) is 16.1 Å². The highest BCUT2D eigenvalue weighted by Crippen LogP contribution is 2.12. The highest BCUT2D eigenvalue weighted by atomic mass is 16.5. The van der Waals surface area contributed by atoms with Gasteiger partial charge in [0.2, 0.25) is 0 Å². The molecular weight excluding hydrogens is 298 g/mol. The number of nitriles is 1. The highest BCUT2D eigenvalue weighted by molar-refractivity contribution is 5.97. The Morgan fingerprint density at radius 3 is 2.87 bits per heavy atom. The number of benzene rings is 1. The van der Waals surface area contributed by atoms with E-state index in [1.54, 1.807) is 13.2 Å². The molecule has 0 atom stereocenters. The third-order valence-electron chi connectivity index (χ3n) is 2.90. The summed E-state index contributed by atoms with van der Waals surface area (Å²) in [5.41, 5.74) is 0.878. The van der Waals surface area contributed by atoms with E-state index in [-0.39, 0.29) is 18.5 Å². The fourth-order valence-electron chi connectivity index (χ4n) is 1.74. The Balaban J connectivity index is 2.46. The second-order valence-corrected chi connectivity index (χ2v) is 4.66. The van der Waals surface area contributed by atoms with E-state index in [0.29, 0.717) is 13.0 Å². The van der Waals surface area contributed by atoms with Gasteiger partial charge in [0, 0.05) is 25.7 Å². The van der Waals surface area contributed by atoms with Crippen LogP contribution < -0.4 is 15.4 Å². The zero-order valence-electron chi connectivity index (χ0n) is 12.8. The number of ether oxygens (including phenoxy) is 1. The molecule has 0 aliphatic rings. The van der Waals surface area contributed by atoms with E-state index < -0.39 is 11.9 Å². The highest BCUT2D eigenvalue weighted by Gasteiger charge is 2.08. The number of hydrogen-bond acceptors (Lipinski definition) is 5. The zero-order valence-corrected chi connectivity index (χ0v) is 12.8. The van der Waals surface area contributed by atoms with Crippen molar-refractivity contribution in [2.24, 2.45) is 0 Å². The summed E-state index contributed by atoms with van der Waals surface area (Å²) in [7, 11) is 1.58. The number of carbonyl (C=O) groups is 2. The molecule has 7 heteroatoms. The molecule has 0 spiro atoms. The quantitative estimate of drug-likeness (QED) is 0.358. The van der Waals surface area contributed by atoms with Gasteiger partial charge in [-0.2, -0.15) is 5.26 Å². The molecule has 0 saturated heterocycles. The average molecular weight is 317 g/mol. The fourth-order valence-corrected chi connectivity index (χ4v) is 1.74. The first-order chi connectivity index (χ1) is 11.1. The lowest BCUT2D eigenvalue weighted by Crippen LogP contribution is -2.27. The number of carboxylic acid groups (broad SMARTS) is 1. The Morgan fingerprint density at radius 2 is 2.22 bits per heavy atom. The van der Waals surface area contributed by atoms with Crippen LogP contribution in [0.15, 0.2) is 36.0 Å². The van der Waals surface area contributed by atoms with E-state index in [9.17, 15) is 9.59 Å². The lowest BCUT2D eigenvalue weighted by Gasteiger charge is -2.06. The summed E-state index contributed by atoms with van der Waals surface area (Å²) in [6, 6.07) is 9.21. The van der Waals surface area contributed by atoms with Gasteiger partial charge in [0.05, 0.1) is 7.11 Å². The van der Waals surface area contributed by atoms with Crippen molar-refractivity contribution in [1.29, 1.82) is 5.26 Å². The molecule has 23 heavy (non-hydrogen) atoms. The largest absolute Gasteiger partial charge is 0.497 e. The monoisotopic (exact) mass is 317 g/mol. The van der Waals surface area contributed by atoms with Gasteiger partial charge >= 0.3 is 5.97 Å². The molecule has 122 valence electrons. The van der Waals surface area contributed by atoms with Gasteiger partial charge in [0.1, 0.15) is 17.4 Å². The van der Waals surface area contributed by atoms with Crippen LogP contribution in [0, 0.1) is 11.3 Å². The Morgan fingerprint density at radius 1 is 1.43 bits per heavy atom. The smallest absolute Gasteiger partial charge is 0.303 e. The van der Waals surface area contributed by atoms with Gasteiger partial charge < -0.3 is 20.5 Å². The number of aliphatic carboxylic acids is 1. The summed E-state index contributed by atoms with van der Waals surface area (Å²) in [5, 5.41) is 22.9. The molecule has 0 unspecified atom stereocenters. The average Bonchev–Trinajstić information content (AvgIpc) is 2.55. The van der Waals surface area contributed by atoms with Crippen molar-refractivity contribution in [3.63, 3.8) is 0 Å².